The van der Waals surface area contributed by atoms with Gasteiger partial charge in [0.25, 0.3) is 0 Å². The van der Waals surface area contributed by atoms with E-state index in [4.69, 9.17) is 16.7 Å². The molecule has 0 bridgehead atoms. The molecule has 5 nitrogen and oxygen atoms in total. The fourth-order valence-electron chi connectivity index (χ4n) is 2.00. The van der Waals surface area contributed by atoms with Crippen LogP contribution in [0.4, 0.5) is 14.5 Å². The van der Waals surface area contributed by atoms with E-state index in [-0.39, 0.29) is 29.4 Å². The molecular weight excluding hydrogens is 296 g/mol. The lowest BCUT2D eigenvalue weighted by atomic mass is 10.1. The number of ether oxygens (including phenoxy) is 1. The van der Waals surface area contributed by atoms with Crippen molar-refractivity contribution in [2.45, 2.75) is 13.0 Å². The second kappa shape index (κ2) is 5.62. The minimum Gasteiger partial charge on any atom is -0.481 e. The van der Waals surface area contributed by atoms with E-state index in [2.05, 4.69) is 4.74 Å². The quantitative estimate of drug-likeness (QED) is 0.927. The summed E-state index contributed by atoms with van der Waals surface area (Å²) in [5.74, 6) is -2.68. The fourth-order valence-corrected chi connectivity index (χ4v) is 2.17. The number of aliphatic carboxylic acids is 1. The minimum atomic E-state index is -3.05. The van der Waals surface area contributed by atoms with Gasteiger partial charge in [-0.2, -0.15) is 8.78 Å². The van der Waals surface area contributed by atoms with Gasteiger partial charge in [0.05, 0.1) is 11.6 Å². The molecule has 1 aromatic carbocycles. The van der Waals surface area contributed by atoms with Gasteiger partial charge >= 0.3 is 12.6 Å². The molecule has 0 saturated carbocycles. The number of anilines is 1. The van der Waals surface area contributed by atoms with Gasteiger partial charge in [0.15, 0.2) is 0 Å². The lowest BCUT2D eigenvalue weighted by Crippen LogP contribution is -2.26. The molecule has 2 rings (SSSR count). The van der Waals surface area contributed by atoms with Crippen molar-refractivity contribution < 1.29 is 28.2 Å². The largest absolute Gasteiger partial charge is 0.481 e. The average molecular weight is 306 g/mol. The lowest BCUT2D eigenvalue weighted by Gasteiger charge is -2.20. The number of carbonyl (C=O) groups is 2. The van der Waals surface area contributed by atoms with Crippen LogP contribution in [0, 0.1) is 5.92 Å². The van der Waals surface area contributed by atoms with Crippen molar-refractivity contribution >= 4 is 29.2 Å². The van der Waals surface area contributed by atoms with Crippen LogP contribution in [0.1, 0.15) is 6.42 Å². The topological polar surface area (TPSA) is 66.8 Å². The van der Waals surface area contributed by atoms with Gasteiger partial charge in [0, 0.05) is 18.0 Å². The van der Waals surface area contributed by atoms with Crippen molar-refractivity contribution in [3.63, 3.8) is 0 Å². The molecule has 1 aliphatic rings. The highest BCUT2D eigenvalue weighted by molar-refractivity contribution is 6.31. The van der Waals surface area contributed by atoms with Crippen LogP contribution < -0.4 is 9.64 Å². The summed E-state index contributed by atoms with van der Waals surface area (Å²) in [4.78, 5) is 23.8. The molecule has 1 amide bonds. The smallest absolute Gasteiger partial charge is 0.387 e. The van der Waals surface area contributed by atoms with E-state index in [0.29, 0.717) is 0 Å². The first-order valence-electron chi connectivity index (χ1n) is 5.66. The zero-order valence-electron chi connectivity index (χ0n) is 10.1. The highest BCUT2D eigenvalue weighted by atomic mass is 35.5. The summed E-state index contributed by atoms with van der Waals surface area (Å²) in [5.41, 5.74) is 0.0477. The third-order valence-electron chi connectivity index (χ3n) is 2.90. The fraction of sp³-hybridized carbons (Fsp3) is 0.333. The van der Waals surface area contributed by atoms with E-state index in [1.807, 2.05) is 0 Å². The van der Waals surface area contributed by atoms with Crippen molar-refractivity contribution in [1.29, 1.82) is 0 Å². The molecule has 1 aromatic rings. The molecule has 20 heavy (non-hydrogen) atoms. The Kier molecular flexibility index (Phi) is 4.08. The number of carbonyl (C=O) groups excluding carboxylic acids is 1. The first-order chi connectivity index (χ1) is 9.38. The molecule has 1 saturated heterocycles. The second-order valence-electron chi connectivity index (χ2n) is 4.23. The van der Waals surface area contributed by atoms with E-state index < -0.39 is 24.4 Å². The Morgan fingerprint density at radius 3 is 2.75 bits per heavy atom. The number of hydrogen-bond donors (Lipinski definition) is 1. The van der Waals surface area contributed by atoms with Crippen LogP contribution in [-0.2, 0) is 9.59 Å². The standard InChI is InChI=1S/C12H10ClF2NO4/c13-7-1-2-9(20-12(14)15)8(4-7)16-5-6(11(18)19)3-10(16)17/h1-2,4,6,12H,3,5H2,(H,18,19). The molecule has 1 aliphatic heterocycles. The summed E-state index contributed by atoms with van der Waals surface area (Å²) in [5, 5.41) is 9.14. The number of carboxylic acid groups (broad SMARTS) is 1. The number of rotatable bonds is 4. The van der Waals surface area contributed by atoms with Crippen LogP contribution in [0.15, 0.2) is 18.2 Å². The molecular formula is C12H10ClF2NO4. The van der Waals surface area contributed by atoms with Gasteiger partial charge in [-0.1, -0.05) is 11.6 Å². The van der Waals surface area contributed by atoms with Gasteiger partial charge in [-0.15, -0.1) is 0 Å². The van der Waals surface area contributed by atoms with Crippen molar-refractivity contribution in [1.82, 2.24) is 0 Å². The van der Waals surface area contributed by atoms with Crippen LogP contribution in [0.2, 0.25) is 5.02 Å². The van der Waals surface area contributed by atoms with Crippen molar-refractivity contribution in [3.05, 3.63) is 23.2 Å². The summed E-state index contributed by atoms with van der Waals surface area (Å²) < 4.78 is 29.0. The predicted octanol–water partition coefficient (Wildman–Crippen LogP) is 2.38. The number of nitrogens with zero attached hydrogens (tertiary/aromatic N) is 1. The summed E-state index contributed by atoms with van der Waals surface area (Å²) in [6.45, 7) is -3.16. The van der Waals surface area contributed by atoms with Crippen LogP contribution in [0.25, 0.3) is 0 Å². The maximum Gasteiger partial charge on any atom is 0.387 e. The van der Waals surface area contributed by atoms with E-state index in [0.717, 1.165) is 4.90 Å². The van der Waals surface area contributed by atoms with Gasteiger partial charge in [-0.25, -0.2) is 0 Å². The maximum absolute atomic E-state index is 12.3. The highest BCUT2D eigenvalue weighted by Gasteiger charge is 2.36. The van der Waals surface area contributed by atoms with Gasteiger partial charge in [-0.05, 0) is 18.2 Å². The zero-order chi connectivity index (χ0) is 14.9. The molecule has 1 unspecified atom stereocenters. The summed E-state index contributed by atoms with van der Waals surface area (Å²) in [6.07, 6.45) is -0.185. The molecule has 108 valence electrons. The third kappa shape index (κ3) is 2.98. The van der Waals surface area contributed by atoms with Crippen LogP contribution >= 0.6 is 11.6 Å². The number of halogens is 3. The summed E-state index contributed by atoms with van der Waals surface area (Å²) in [6, 6.07) is 3.85. The van der Waals surface area contributed by atoms with Crippen molar-refractivity contribution in [2.24, 2.45) is 5.92 Å². The molecule has 0 aliphatic carbocycles. The van der Waals surface area contributed by atoms with Gasteiger partial charge in [0.2, 0.25) is 5.91 Å². The Balaban J connectivity index is 2.34. The normalized spacial score (nSPS) is 18.7. The maximum atomic E-state index is 12.3. The molecule has 1 N–H and O–H groups in total. The van der Waals surface area contributed by atoms with E-state index in [1.54, 1.807) is 0 Å². The predicted molar refractivity (Wildman–Crippen MR) is 66.2 cm³/mol. The number of hydrogen-bond acceptors (Lipinski definition) is 3. The molecule has 1 heterocycles. The first kappa shape index (κ1) is 14.5. The number of alkyl halides is 2. The Hall–Kier alpha value is -1.89. The van der Waals surface area contributed by atoms with Gasteiger partial charge < -0.3 is 14.7 Å². The van der Waals surface area contributed by atoms with Crippen molar-refractivity contribution in [2.75, 3.05) is 11.4 Å². The zero-order valence-corrected chi connectivity index (χ0v) is 10.8. The van der Waals surface area contributed by atoms with Crippen LogP contribution in [0.3, 0.4) is 0 Å². The number of carboxylic acids is 1. The Bertz CT molecular complexity index is 552. The monoisotopic (exact) mass is 305 g/mol. The second-order valence-corrected chi connectivity index (χ2v) is 4.67. The summed E-state index contributed by atoms with van der Waals surface area (Å²) >= 11 is 5.78. The Morgan fingerprint density at radius 2 is 2.20 bits per heavy atom. The molecule has 0 spiro atoms. The van der Waals surface area contributed by atoms with Crippen LogP contribution in [0.5, 0.6) is 5.75 Å². The highest BCUT2D eigenvalue weighted by Crippen LogP contribution is 2.36. The van der Waals surface area contributed by atoms with Crippen molar-refractivity contribution in [3.8, 4) is 5.75 Å². The number of benzene rings is 1. The SMILES string of the molecule is O=C(O)C1CC(=O)N(c2cc(Cl)ccc2OC(F)F)C1. The average Bonchev–Trinajstić information content (AvgIpc) is 2.73. The van der Waals surface area contributed by atoms with E-state index in [9.17, 15) is 18.4 Å². The molecule has 0 radical (unpaired) electrons. The third-order valence-corrected chi connectivity index (χ3v) is 3.14. The van der Waals surface area contributed by atoms with E-state index >= 15 is 0 Å². The molecule has 8 heteroatoms. The van der Waals surface area contributed by atoms with Gasteiger partial charge in [0.1, 0.15) is 5.75 Å². The molecule has 0 aromatic heterocycles. The lowest BCUT2D eigenvalue weighted by molar-refractivity contribution is -0.141. The molecule has 1 atom stereocenters. The Morgan fingerprint density at radius 1 is 1.50 bits per heavy atom. The summed E-state index contributed by atoms with van der Waals surface area (Å²) in [7, 11) is 0. The van der Waals surface area contributed by atoms with Gasteiger partial charge in [-0.3, -0.25) is 9.59 Å². The Labute approximate surface area is 117 Å². The number of amides is 1. The first-order valence-corrected chi connectivity index (χ1v) is 6.04. The molecule has 1 fully saturated rings. The van der Waals surface area contributed by atoms with Crippen LogP contribution in [-0.4, -0.2) is 30.1 Å². The minimum absolute atomic E-state index is 0.0477. The van der Waals surface area contributed by atoms with E-state index in [1.165, 1.54) is 18.2 Å².